The number of hydrogen-bond donors (Lipinski definition) is 0. The van der Waals surface area contributed by atoms with Crippen LogP contribution >= 0.6 is 0 Å². The topological polar surface area (TPSA) is 47.8 Å². The molecule has 0 N–H and O–H groups in total. The van der Waals surface area contributed by atoms with E-state index in [2.05, 4.69) is 31.0 Å². The van der Waals surface area contributed by atoms with Crippen molar-refractivity contribution >= 4 is 5.78 Å². The molecule has 0 amide bonds. The fourth-order valence-electron chi connectivity index (χ4n) is 8.87. The molecule has 0 radical (unpaired) electrons. The van der Waals surface area contributed by atoms with Crippen LogP contribution in [0.5, 0.6) is 0 Å². The van der Waals surface area contributed by atoms with Gasteiger partial charge in [0, 0.05) is 5.92 Å². The fraction of sp³-hybridized carbons (Fsp3) is 0.880. The summed E-state index contributed by atoms with van der Waals surface area (Å²) in [5.74, 6) is 6.79. The third-order valence-electron chi connectivity index (χ3n) is 10.0. The lowest BCUT2D eigenvalue weighted by Crippen LogP contribution is -2.50. The first-order valence-corrected chi connectivity index (χ1v) is 12.4. The minimum Gasteiger partial charge on any atom is -0.297 e. The van der Waals surface area contributed by atoms with Crippen molar-refractivity contribution in [3.8, 4) is 0 Å². The number of aromatic nitrogens is 3. The van der Waals surface area contributed by atoms with Crippen LogP contribution in [0.25, 0.3) is 0 Å². The van der Waals surface area contributed by atoms with Crippen molar-refractivity contribution in [3.63, 3.8) is 0 Å². The summed E-state index contributed by atoms with van der Waals surface area (Å²) in [5, 5.41) is 8.39. The zero-order valence-electron chi connectivity index (χ0n) is 18.6. The van der Waals surface area contributed by atoms with E-state index >= 15 is 0 Å². The van der Waals surface area contributed by atoms with Gasteiger partial charge < -0.3 is 0 Å². The highest BCUT2D eigenvalue weighted by molar-refractivity contribution is 5.82. The van der Waals surface area contributed by atoms with E-state index < -0.39 is 0 Å². The van der Waals surface area contributed by atoms with E-state index in [1.165, 1.54) is 51.4 Å². The maximum Gasteiger partial charge on any atom is 0.159 e. The molecule has 4 saturated carbocycles. The fourth-order valence-corrected chi connectivity index (χ4v) is 8.87. The molecule has 9 atom stereocenters. The number of nitrogens with zero attached hydrogens (tertiary/aromatic N) is 3. The van der Waals surface area contributed by atoms with Crippen LogP contribution in [0.1, 0.15) is 78.6 Å². The molecule has 4 nitrogen and oxygen atoms in total. The predicted molar refractivity (Wildman–Crippen MR) is 114 cm³/mol. The van der Waals surface area contributed by atoms with Gasteiger partial charge in [-0.05, 0) is 91.8 Å². The molecule has 4 aliphatic rings. The average Bonchev–Trinajstić information content (AvgIpc) is 3.32. The minimum absolute atomic E-state index is 0.195. The van der Waals surface area contributed by atoms with Crippen LogP contribution in [-0.4, -0.2) is 20.8 Å². The van der Waals surface area contributed by atoms with Gasteiger partial charge in [-0.25, -0.2) is 0 Å². The Morgan fingerprint density at radius 1 is 1.03 bits per heavy atom. The quantitative estimate of drug-likeness (QED) is 0.684. The maximum absolute atomic E-state index is 13.4. The minimum atomic E-state index is 0.195. The van der Waals surface area contributed by atoms with Crippen LogP contribution in [0.4, 0.5) is 0 Å². The zero-order valence-corrected chi connectivity index (χ0v) is 18.6. The molecule has 29 heavy (non-hydrogen) atoms. The monoisotopic (exact) mass is 397 g/mol. The molecular formula is C25H39N3O. The molecule has 1 heterocycles. The maximum atomic E-state index is 13.4. The second-order valence-electron chi connectivity index (χ2n) is 11.3. The molecule has 4 heteroatoms. The van der Waals surface area contributed by atoms with Crippen LogP contribution in [0.15, 0.2) is 12.4 Å². The van der Waals surface area contributed by atoms with Crippen LogP contribution in [0.2, 0.25) is 0 Å². The van der Waals surface area contributed by atoms with Crippen molar-refractivity contribution in [2.24, 2.45) is 52.8 Å². The zero-order chi connectivity index (χ0) is 20.2. The Balaban J connectivity index is 1.39. The number of Topliss-reactive ketones (excluding diaryl/α,β-unsaturated/α-hetero) is 1. The molecule has 0 spiro atoms. The molecular weight excluding hydrogens is 358 g/mol. The number of hydrogen-bond acceptors (Lipinski definition) is 3. The van der Waals surface area contributed by atoms with E-state index in [9.17, 15) is 4.79 Å². The van der Waals surface area contributed by atoms with E-state index in [0.717, 1.165) is 47.8 Å². The summed E-state index contributed by atoms with van der Waals surface area (Å²) in [7, 11) is 0. The number of fused-ring (bicyclic) bond motifs is 5. The van der Waals surface area contributed by atoms with Gasteiger partial charge in [-0.2, -0.15) is 15.0 Å². The van der Waals surface area contributed by atoms with E-state index in [4.69, 9.17) is 0 Å². The number of carbonyl (C=O) groups is 1. The molecule has 160 valence electrons. The van der Waals surface area contributed by atoms with Gasteiger partial charge in [-0.1, -0.05) is 33.6 Å². The Labute approximate surface area is 176 Å². The highest BCUT2D eigenvalue weighted by Gasteiger charge is 2.61. The molecule has 1 unspecified atom stereocenters. The first-order valence-electron chi connectivity index (χ1n) is 12.4. The molecule has 5 rings (SSSR count). The van der Waals surface area contributed by atoms with Gasteiger partial charge in [0.05, 0.1) is 12.4 Å². The lowest BCUT2D eigenvalue weighted by atomic mass is 9.48. The van der Waals surface area contributed by atoms with Gasteiger partial charge in [-0.3, -0.25) is 4.79 Å². The van der Waals surface area contributed by atoms with Crippen LogP contribution in [0.3, 0.4) is 0 Å². The van der Waals surface area contributed by atoms with Crippen molar-refractivity contribution in [3.05, 3.63) is 12.4 Å². The molecule has 4 fully saturated rings. The Morgan fingerprint density at radius 2 is 1.79 bits per heavy atom. The Bertz CT molecular complexity index is 730. The molecule has 1 aromatic heterocycles. The van der Waals surface area contributed by atoms with Crippen LogP contribution in [0, 0.1) is 52.8 Å². The molecule has 0 bridgehead atoms. The van der Waals surface area contributed by atoms with Crippen molar-refractivity contribution in [2.45, 2.75) is 85.1 Å². The summed E-state index contributed by atoms with van der Waals surface area (Å²) in [6.07, 6.45) is 15.6. The first-order chi connectivity index (χ1) is 14.0. The summed E-state index contributed by atoms with van der Waals surface area (Å²) in [4.78, 5) is 14.9. The highest BCUT2D eigenvalue weighted by Crippen LogP contribution is 2.66. The molecule has 4 aliphatic carbocycles. The van der Waals surface area contributed by atoms with Crippen LogP contribution in [-0.2, 0) is 11.3 Å². The first kappa shape index (κ1) is 19.8. The summed E-state index contributed by atoms with van der Waals surface area (Å²) in [5.41, 5.74) is 0.195. The number of ketones is 1. The SMILES string of the molecule is CC[C@@H]1C[C@H](C(=O)Cn2nccn2)[C@@]2(C)CC[C@@H]3[C@H]4CC[C@H](C)C[C@H]4CC[C@H]3C12. The summed E-state index contributed by atoms with van der Waals surface area (Å²) < 4.78 is 0. The summed E-state index contributed by atoms with van der Waals surface area (Å²) in [6.45, 7) is 7.67. The van der Waals surface area contributed by atoms with E-state index in [1.807, 2.05) is 0 Å². The van der Waals surface area contributed by atoms with Crippen molar-refractivity contribution < 1.29 is 4.79 Å². The lowest BCUT2D eigenvalue weighted by Gasteiger charge is -2.57. The highest BCUT2D eigenvalue weighted by atomic mass is 16.1. The smallest absolute Gasteiger partial charge is 0.159 e. The number of carbonyl (C=O) groups excluding carboxylic acids is 1. The van der Waals surface area contributed by atoms with Gasteiger partial charge in [0.2, 0.25) is 0 Å². The van der Waals surface area contributed by atoms with Crippen LogP contribution < -0.4 is 0 Å². The van der Waals surface area contributed by atoms with Crippen molar-refractivity contribution in [1.29, 1.82) is 0 Å². The van der Waals surface area contributed by atoms with E-state index in [1.54, 1.807) is 17.2 Å². The third kappa shape index (κ3) is 3.20. The second kappa shape index (κ2) is 7.50. The second-order valence-corrected chi connectivity index (χ2v) is 11.3. The van der Waals surface area contributed by atoms with Crippen molar-refractivity contribution in [2.75, 3.05) is 0 Å². The normalized spacial score (nSPS) is 46.6. The lowest BCUT2D eigenvalue weighted by molar-refractivity contribution is -0.132. The Morgan fingerprint density at radius 3 is 2.55 bits per heavy atom. The van der Waals surface area contributed by atoms with E-state index in [-0.39, 0.29) is 11.3 Å². The molecule has 0 saturated heterocycles. The largest absolute Gasteiger partial charge is 0.297 e. The van der Waals surface area contributed by atoms with Gasteiger partial charge in [-0.15, -0.1) is 0 Å². The Kier molecular flexibility index (Phi) is 5.11. The molecule has 0 aliphatic heterocycles. The molecule has 1 aromatic rings. The number of rotatable bonds is 4. The third-order valence-corrected chi connectivity index (χ3v) is 10.0. The van der Waals surface area contributed by atoms with E-state index in [0.29, 0.717) is 12.3 Å². The predicted octanol–water partition coefficient (Wildman–Crippen LogP) is 5.39. The summed E-state index contributed by atoms with van der Waals surface area (Å²) >= 11 is 0. The molecule has 0 aromatic carbocycles. The average molecular weight is 398 g/mol. The standard InChI is InChI=1S/C25H39N3O/c1-4-17-14-22(23(29)15-28-26-11-12-27-28)25(3)10-9-20-19-7-5-16(2)13-18(19)6-8-21(20)24(17)25/h11-12,16-22,24H,4-10,13-15H2,1-3H3/t16-,17+,18+,19-,20+,21+,22+,24?,25+/m0/s1. The van der Waals surface area contributed by atoms with Gasteiger partial charge in [0.25, 0.3) is 0 Å². The van der Waals surface area contributed by atoms with Gasteiger partial charge in [0.1, 0.15) is 6.54 Å². The van der Waals surface area contributed by atoms with Crippen molar-refractivity contribution in [1.82, 2.24) is 15.0 Å². The summed E-state index contributed by atoms with van der Waals surface area (Å²) in [6, 6.07) is 0. The Hall–Kier alpha value is -1.19. The van der Waals surface area contributed by atoms with Gasteiger partial charge >= 0.3 is 0 Å². The van der Waals surface area contributed by atoms with Gasteiger partial charge in [0.15, 0.2) is 5.78 Å².